The van der Waals surface area contributed by atoms with Crippen LogP contribution in [0.25, 0.3) is 10.9 Å². The van der Waals surface area contributed by atoms with Gasteiger partial charge in [-0.2, -0.15) is 0 Å². The van der Waals surface area contributed by atoms with Crippen LogP contribution >= 0.6 is 0 Å². The number of piperidine rings is 1. The third kappa shape index (κ3) is 5.33. The van der Waals surface area contributed by atoms with Crippen LogP contribution in [0.2, 0.25) is 0 Å². The molecule has 7 heteroatoms. The number of carbonyl (C=O) groups is 1. The van der Waals surface area contributed by atoms with E-state index in [1.807, 2.05) is 66.7 Å². The smallest absolute Gasteiger partial charge is 0.220 e. The fourth-order valence-electron chi connectivity index (χ4n) is 3.86. The molecule has 1 aliphatic heterocycles. The van der Waals surface area contributed by atoms with Gasteiger partial charge in [-0.3, -0.25) is 4.79 Å². The lowest BCUT2D eigenvalue weighted by molar-refractivity contribution is -0.122. The van der Waals surface area contributed by atoms with E-state index in [0.29, 0.717) is 30.3 Å². The standard InChI is InChI=1S/C28H24N4O3/c1-34-26-16-21(11-13-25(26)35-22-5-3-2-4-6-22)32-28-23-15-19(9-12-24(23)30-18-31-28)7-8-20-10-14-27(33)29-17-20/h2-6,9,11-13,15-16,18,20H,10,14,17H2,1H3,(H,29,33)(H,30,31,32). The number of hydrogen-bond acceptors (Lipinski definition) is 6. The Morgan fingerprint density at radius 1 is 1.03 bits per heavy atom. The van der Waals surface area contributed by atoms with Gasteiger partial charge in [-0.05, 0) is 48.9 Å². The van der Waals surface area contributed by atoms with Gasteiger partial charge in [0.05, 0.1) is 12.6 Å². The third-order valence-electron chi connectivity index (χ3n) is 5.72. The molecular formula is C28H24N4O3. The van der Waals surface area contributed by atoms with Crippen molar-refractivity contribution in [1.82, 2.24) is 15.3 Å². The zero-order valence-corrected chi connectivity index (χ0v) is 19.2. The molecule has 0 saturated carbocycles. The fourth-order valence-corrected chi connectivity index (χ4v) is 3.86. The lowest BCUT2D eigenvalue weighted by atomic mass is 9.99. The van der Waals surface area contributed by atoms with Gasteiger partial charge in [0.15, 0.2) is 11.5 Å². The number of rotatable bonds is 5. The molecule has 7 nitrogen and oxygen atoms in total. The maximum Gasteiger partial charge on any atom is 0.220 e. The van der Waals surface area contributed by atoms with Crippen molar-refractivity contribution in [3.8, 4) is 29.1 Å². The number of ether oxygens (including phenoxy) is 2. The van der Waals surface area contributed by atoms with E-state index in [1.165, 1.54) is 6.33 Å². The van der Waals surface area contributed by atoms with E-state index >= 15 is 0 Å². The van der Waals surface area contributed by atoms with E-state index in [0.717, 1.165) is 34.3 Å². The first-order chi connectivity index (χ1) is 17.2. The lowest BCUT2D eigenvalue weighted by Gasteiger charge is -2.17. The molecule has 2 heterocycles. The quantitative estimate of drug-likeness (QED) is 0.402. The Hall–Kier alpha value is -4.57. The van der Waals surface area contributed by atoms with Crippen LogP contribution in [0.3, 0.4) is 0 Å². The molecule has 0 aliphatic carbocycles. The number of nitrogens with one attached hydrogen (secondary N) is 2. The lowest BCUT2D eigenvalue weighted by Crippen LogP contribution is -2.34. The average Bonchev–Trinajstić information content (AvgIpc) is 2.90. The molecule has 5 rings (SSSR count). The molecule has 3 aromatic carbocycles. The summed E-state index contributed by atoms with van der Waals surface area (Å²) in [6, 6.07) is 21.1. The van der Waals surface area contributed by atoms with Crippen LogP contribution in [-0.4, -0.2) is 29.5 Å². The number of amides is 1. The number of benzene rings is 3. The second-order valence-electron chi connectivity index (χ2n) is 8.17. The number of aromatic nitrogens is 2. The van der Waals surface area contributed by atoms with Crippen molar-refractivity contribution in [3.05, 3.63) is 78.6 Å². The number of methoxy groups -OCH3 is 1. The molecule has 2 N–H and O–H groups in total. The number of carbonyl (C=O) groups excluding carboxylic acids is 1. The molecule has 4 aromatic rings. The van der Waals surface area contributed by atoms with Crippen molar-refractivity contribution in [2.75, 3.05) is 19.0 Å². The Kier molecular flexibility index (Phi) is 6.44. The minimum absolute atomic E-state index is 0.0953. The molecule has 1 aliphatic rings. The first-order valence-electron chi connectivity index (χ1n) is 11.4. The minimum Gasteiger partial charge on any atom is -0.493 e. The maximum atomic E-state index is 11.4. The minimum atomic E-state index is 0.0953. The van der Waals surface area contributed by atoms with Gasteiger partial charge in [-0.1, -0.05) is 30.0 Å². The van der Waals surface area contributed by atoms with Crippen molar-refractivity contribution in [3.63, 3.8) is 0 Å². The predicted octanol–water partition coefficient (Wildman–Crippen LogP) is 5.05. The zero-order chi connectivity index (χ0) is 24.0. The van der Waals surface area contributed by atoms with Crippen LogP contribution < -0.4 is 20.1 Å². The van der Waals surface area contributed by atoms with E-state index < -0.39 is 0 Å². The Balaban J connectivity index is 1.39. The van der Waals surface area contributed by atoms with Gasteiger partial charge in [-0.15, -0.1) is 0 Å². The van der Waals surface area contributed by atoms with Gasteiger partial charge < -0.3 is 20.1 Å². The SMILES string of the molecule is COc1cc(Nc2ncnc3ccc(C#CC4CCC(=O)NC4)cc23)ccc1Oc1ccccc1. The summed E-state index contributed by atoms with van der Waals surface area (Å²) >= 11 is 0. The molecule has 0 spiro atoms. The Bertz CT molecular complexity index is 1420. The third-order valence-corrected chi connectivity index (χ3v) is 5.72. The molecule has 1 aromatic heterocycles. The topological polar surface area (TPSA) is 85.4 Å². The van der Waals surface area contributed by atoms with Gasteiger partial charge in [0.1, 0.15) is 17.9 Å². The molecule has 1 saturated heterocycles. The molecule has 174 valence electrons. The number of fused-ring (bicyclic) bond motifs is 1. The Labute approximate surface area is 203 Å². The summed E-state index contributed by atoms with van der Waals surface area (Å²) in [5, 5.41) is 7.10. The van der Waals surface area contributed by atoms with Gasteiger partial charge >= 0.3 is 0 Å². The van der Waals surface area contributed by atoms with Gasteiger partial charge in [0.25, 0.3) is 0 Å². The summed E-state index contributed by atoms with van der Waals surface area (Å²) in [6.45, 7) is 0.598. The molecule has 1 amide bonds. The largest absolute Gasteiger partial charge is 0.493 e. The summed E-state index contributed by atoms with van der Waals surface area (Å²) in [6.07, 6.45) is 2.84. The summed E-state index contributed by atoms with van der Waals surface area (Å²) in [4.78, 5) is 20.2. The highest BCUT2D eigenvalue weighted by atomic mass is 16.5. The van der Waals surface area contributed by atoms with E-state index in [2.05, 4.69) is 32.4 Å². The molecule has 0 radical (unpaired) electrons. The molecule has 1 fully saturated rings. The first-order valence-corrected chi connectivity index (χ1v) is 11.4. The van der Waals surface area contributed by atoms with Crippen molar-refractivity contribution in [1.29, 1.82) is 0 Å². The predicted molar refractivity (Wildman–Crippen MR) is 135 cm³/mol. The number of anilines is 2. The Morgan fingerprint density at radius 2 is 1.91 bits per heavy atom. The second kappa shape index (κ2) is 10.1. The summed E-state index contributed by atoms with van der Waals surface area (Å²) in [7, 11) is 1.61. The van der Waals surface area contributed by atoms with Crippen LogP contribution in [-0.2, 0) is 4.79 Å². The molecular weight excluding hydrogens is 440 g/mol. The van der Waals surface area contributed by atoms with Crippen molar-refractivity contribution < 1.29 is 14.3 Å². The number of hydrogen-bond donors (Lipinski definition) is 2. The number of nitrogens with zero attached hydrogens (tertiary/aromatic N) is 2. The molecule has 35 heavy (non-hydrogen) atoms. The second-order valence-corrected chi connectivity index (χ2v) is 8.17. The van der Waals surface area contributed by atoms with Crippen LogP contribution in [0.5, 0.6) is 17.2 Å². The summed E-state index contributed by atoms with van der Waals surface area (Å²) in [5.74, 6) is 9.40. The summed E-state index contributed by atoms with van der Waals surface area (Å²) < 4.78 is 11.5. The fraction of sp³-hybridized carbons (Fsp3) is 0.179. The zero-order valence-electron chi connectivity index (χ0n) is 19.2. The van der Waals surface area contributed by atoms with Crippen molar-refractivity contribution >= 4 is 28.3 Å². The van der Waals surface area contributed by atoms with Crippen molar-refractivity contribution in [2.45, 2.75) is 12.8 Å². The highest BCUT2D eigenvalue weighted by molar-refractivity contribution is 5.91. The van der Waals surface area contributed by atoms with Crippen LogP contribution in [0.4, 0.5) is 11.5 Å². The number of para-hydroxylation sites is 1. The normalized spacial score (nSPS) is 15.0. The van der Waals surface area contributed by atoms with E-state index in [9.17, 15) is 4.79 Å². The molecule has 1 atom stereocenters. The monoisotopic (exact) mass is 464 g/mol. The summed E-state index contributed by atoms with van der Waals surface area (Å²) in [5.41, 5.74) is 2.49. The maximum absolute atomic E-state index is 11.4. The van der Waals surface area contributed by atoms with Crippen LogP contribution in [0, 0.1) is 17.8 Å². The Morgan fingerprint density at radius 3 is 2.71 bits per heavy atom. The van der Waals surface area contributed by atoms with Crippen LogP contribution in [0.1, 0.15) is 18.4 Å². The van der Waals surface area contributed by atoms with E-state index in [4.69, 9.17) is 9.47 Å². The van der Waals surface area contributed by atoms with Crippen molar-refractivity contribution in [2.24, 2.45) is 5.92 Å². The highest BCUT2D eigenvalue weighted by Gasteiger charge is 2.15. The van der Waals surface area contributed by atoms with Gasteiger partial charge in [-0.25, -0.2) is 9.97 Å². The first kappa shape index (κ1) is 22.2. The molecule has 1 unspecified atom stereocenters. The van der Waals surface area contributed by atoms with Crippen LogP contribution in [0.15, 0.2) is 73.1 Å². The molecule has 0 bridgehead atoms. The van der Waals surface area contributed by atoms with Gasteiger partial charge in [0, 0.05) is 41.6 Å². The average molecular weight is 465 g/mol. The highest BCUT2D eigenvalue weighted by Crippen LogP contribution is 2.35. The van der Waals surface area contributed by atoms with E-state index in [1.54, 1.807) is 7.11 Å². The van der Waals surface area contributed by atoms with Gasteiger partial charge in [0.2, 0.25) is 5.91 Å². The van der Waals surface area contributed by atoms with E-state index in [-0.39, 0.29) is 11.8 Å².